The first-order valence-electron chi connectivity index (χ1n) is 7.55. The molecule has 1 aromatic carbocycles. The number of carbonyl (C=O) groups is 1. The zero-order chi connectivity index (χ0) is 15.1. The maximum Gasteiger partial charge on any atom is 0.262 e. The second-order valence-electron chi connectivity index (χ2n) is 5.40. The second kappa shape index (κ2) is 7.88. The van der Waals surface area contributed by atoms with Gasteiger partial charge in [-0.15, -0.1) is 0 Å². The predicted molar refractivity (Wildman–Crippen MR) is 82.7 cm³/mol. The number of ether oxygens (including phenoxy) is 2. The van der Waals surface area contributed by atoms with Crippen LogP contribution in [0.4, 0.5) is 5.69 Å². The largest absolute Gasteiger partial charge is 0.477 e. The number of unbranched alkanes of at least 4 members (excludes halogenated alkanes) is 1. The Bertz CT molecular complexity index is 463. The Morgan fingerprint density at radius 3 is 3.05 bits per heavy atom. The van der Waals surface area contributed by atoms with Crippen LogP contribution < -0.4 is 15.4 Å². The van der Waals surface area contributed by atoms with Crippen LogP contribution in [0.2, 0.25) is 0 Å². The van der Waals surface area contributed by atoms with Gasteiger partial charge < -0.3 is 20.1 Å². The standard InChI is InChI=1S/C16H24N2O3/c1-12(2)20-10-6-5-9-17-16(19)15-11-18-13-7-3-4-8-14(13)21-15/h3-4,7-8,12,15,18H,5-6,9-11H2,1-2H3,(H,17,19). The maximum atomic E-state index is 12.0. The summed E-state index contributed by atoms with van der Waals surface area (Å²) < 4.78 is 11.2. The highest BCUT2D eigenvalue weighted by atomic mass is 16.5. The van der Waals surface area contributed by atoms with Crippen molar-refractivity contribution in [1.29, 1.82) is 0 Å². The molecule has 1 aliphatic heterocycles. The minimum absolute atomic E-state index is 0.0678. The van der Waals surface area contributed by atoms with Crippen molar-refractivity contribution in [2.45, 2.75) is 38.9 Å². The maximum absolute atomic E-state index is 12.0. The molecule has 0 spiro atoms. The second-order valence-corrected chi connectivity index (χ2v) is 5.40. The van der Waals surface area contributed by atoms with Gasteiger partial charge in [0.1, 0.15) is 5.75 Å². The lowest BCUT2D eigenvalue weighted by molar-refractivity contribution is -0.127. The summed E-state index contributed by atoms with van der Waals surface area (Å²) in [6, 6.07) is 7.65. The average Bonchev–Trinajstić information content (AvgIpc) is 2.49. The number of hydrogen-bond donors (Lipinski definition) is 2. The van der Waals surface area contributed by atoms with E-state index in [1.165, 1.54) is 0 Å². The van der Waals surface area contributed by atoms with Gasteiger partial charge in [-0.1, -0.05) is 12.1 Å². The van der Waals surface area contributed by atoms with Gasteiger partial charge in [0, 0.05) is 13.2 Å². The lowest BCUT2D eigenvalue weighted by Crippen LogP contribution is -2.45. The molecule has 116 valence electrons. The van der Waals surface area contributed by atoms with Gasteiger partial charge in [0.05, 0.1) is 18.3 Å². The molecule has 0 aromatic heterocycles. The van der Waals surface area contributed by atoms with Crippen LogP contribution >= 0.6 is 0 Å². The lowest BCUT2D eigenvalue weighted by atomic mass is 10.2. The van der Waals surface area contributed by atoms with E-state index in [1.807, 2.05) is 38.1 Å². The monoisotopic (exact) mass is 292 g/mol. The Kier molecular flexibility index (Phi) is 5.87. The van der Waals surface area contributed by atoms with Gasteiger partial charge in [0.2, 0.25) is 0 Å². The number of fused-ring (bicyclic) bond motifs is 1. The number of anilines is 1. The Balaban J connectivity index is 1.66. The average molecular weight is 292 g/mol. The van der Waals surface area contributed by atoms with E-state index in [-0.39, 0.29) is 12.0 Å². The molecule has 1 amide bonds. The smallest absolute Gasteiger partial charge is 0.262 e. The molecule has 1 aliphatic rings. The van der Waals surface area contributed by atoms with E-state index in [1.54, 1.807) is 0 Å². The summed E-state index contributed by atoms with van der Waals surface area (Å²) in [6.45, 7) is 5.93. The van der Waals surface area contributed by atoms with Crippen LogP contribution in [-0.2, 0) is 9.53 Å². The summed E-state index contributed by atoms with van der Waals surface area (Å²) >= 11 is 0. The zero-order valence-electron chi connectivity index (χ0n) is 12.7. The van der Waals surface area contributed by atoms with Crippen LogP contribution in [0.15, 0.2) is 24.3 Å². The molecule has 0 saturated heterocycles. The van der Waals surface area contributed by atoms with E-state index in [4.69, 9.17) is 9.47 Å². The van der Waals surface area contributed by atoms with Crippen molar-refractivity contribution in [3.8, 4) is 5.75 Å². The highest BCUT2D eigenvalue weighted by Crippen LogP contribution is 2.28. The Morgan fingerprint density at radius 1 is 1.43 bits per heavy atom. The Morgan fingerprint density at radius 2 is 2.24 bits per heavy atom. The van der Waals surface area contributed by atoms with Crippen LogP contribution in [0.5, 0.6) is 5.75 Å². The highest BCUT2D eigenvalue weighted by molar-refractivity contribution is 5.83. The molecular weight excluding hydrogens is 268 g/mol. The van der Waals surface area contributed by atoms with Gasteiger partial charge in [0.15, 0.2) is 6.10 Å². The number of nitrogens with one attached hydrogen (secondary N) is 2. The SMILES string of the molecule is CC(C)OCCCCNC(=O)C1CNc2ccccc2O1. The van der Waals surface area contributed by atoms with Gasteiger partial charge in [-0.3, -0.25) is 4.79 Å². The first-order valence-corrected chi connectivity index (χ1v) is 7.55. The summed E-state index contributed by atoms with van der Waals surface area (Å²) in [7, 11) is 0. The molecule has 0 fully saturated rings. The molecule has 2 N–H and O–H groups in total. The van der Waals surface area contributed by atoms with Gasteiger partial charge in [-0.05, 0) is 38.8 Å². The van der Waals surface area contributed by atoms with Gasteiger partial charge >= 0.3 is 0 Å². The number of benzene rings is 1. The van der Waals surface area contributed by atoms with E-state index in [0.717, 1.165) is 30.9 Å². The van der Waals surface area contributed by atoms with Crippen molar-refractivity contribution < 1.29 is 14.3 Å². The molecule has 0 saturated carbocycles. The summed E-state index contributed by atoms with van der Waals surface area (Å²) in [6.07, 6.45) is 1.66. The third-order valence-corrected chi connectivity index (χ3v) is 3.25. The van der Waals surface area contributed by atoms with Gasteiger partial charge in [0.25, 0.3) is 5.91 Å². The van der Waals surface area contributed by atoms with E-state index >= 15 is 0 Å². The topological polar surface area (TPSA) is 59.6 Å². The Hall–Kier alpha value is -1.75. The van der Waals surface area contributed by atoms with E-state index in [9.17, 15) is 4.79 Å². The fourth-order valence-electron chi connectivity index (χ4n) is 2.13. The highest BCUT2D eigenvalue weighted by Gasteiger charge is 2.25. The molecule has 1 aromatic rings. The quantitative estimate of drug-likeness (QED) is 0.756. The minimum Gasteiger partial charge on any atom is -0.477 e. The minimum atomic E-state index is -0.466. The van der Waals surface area contributed by atoms with Crippen LogP contribution in [0, 0.1) is 0 Å². The first kappa shape index (κ1) is 15.6. The Labute approximate surface area is 126 Å². The molecule has 2 rings (SSSR count). The van der Waals surface area contributed by atoms with Gasteiger partial charge in [-0.25, -0.2) is 0 Å². The van der Waals surface area contributed by atoms with Crippen molar-refractivity contribution in [2.75, 3.05) is 25.0 Å². The van der Waals surface area contributed by atoms with Crippen LogP contribution in [0.25, 0.3) is 0 Å². The third kappa shape index (κ3) is 4.93. The van der Waals surface area contributed by atoms with Crippen LogP contribution in [-0.4, -0.2) is 37.8 Å². The summed E-state index contributed by atoms with van der Waals surface area (Å²) in [5.74, 6) is 0.663. The van der Waals surface area contributed by atoms with Crippen molar-refractivity contribution in [1.82, 2.24) is 5.32 Å². The van der Waals surface area contributed by atoms with E-state index in [2.05, 4.69) is 10.6 Å². The van der Waals surface area contributed by atoms with E-state index in [0.29, 0.717) is 13.1 Å². The van der Waals surface area contributed by atoms with Crippen molar-refractivity contribution in [2.24, 2.45) is 0 Å². The number of carbonyl (C=O) groups excluding carboxylic acids is 1. The number of amides is 1. The summed E-state index contributed by atoms with van der Waals surface area (Å²) in [4.78, 5) is 12.0. The number of para-hydroxylation sites is 2. The van der Waals surface area contributed by atoms with Crippen molar-refractivity contribution >= 4 is 11.6 Å². The molecule has 1 heterocycles. The fourth-order valence-corrected chi connectivity index (χ4v) is 2.13. The first-order chi connectivity index (χ1) is 10.2. The fraction of sp³-hybridized carbons (Fsp3) is 0.562. The van der Waals surface area contributed by atoms with Crippen molar-refractivity contribution in [3.05, 3.63) is 24.3 Å². The molecule has 1 atom stereocenters. The molecule has 5 heteroatoms. The van der Waals surface area contributed by atoms with Gasteiger partial charge in [-0.2, -0.15) is 0 Å². The lowest BCUT2D eigenvalue weighted by Gasteiger charge is -2.26. The zero-order valence-corrected chi connectivity index (χ0v) is 12.7. The predicted octanol–water partition coefficient (Wildman–Crippen LogP) is 2.18. The van der Waals surface area contributed by atoms with Crippen LogP contribution in [0.1, 0.15) is 26.7 Å². The molecule has 0 bridgehead atoms. The number of rotatable bonds is 7. The summed E-state index contributed by atoms with van der Waals surface area (Å²) in [5, 5.41) is 6.12. The third-order valence-electron chi connectivity index (χ3n) is 3.25. The molecule has 0 aliphatic carbocycles. The normalized spacial score (nSPS) is 16.8. The number of hydrogen-bond acceptors (Lipinski definition) is 4. The molecule has 0 radical (unpaired) electrons. The van der Waals surface area contributed by atoms with E-state index < -0.39 is 6.10 Å². The molecule has 21 heavy (non-hydrogen) atoms. The molecular formula is C16H24N2O3. The van der Waals surface area contributed by atoms with Crippen molar-refractivity contribution in [3.63, 3.8) is 0 Å². The van der Waals surface area contributed by atoms with Crippen LogP contribution in [0.3, 0.4) is 0 Å². The molecule has 1 unspecified atom stereocenters. The molecule has 5 nitrogen and oxygen atoms in total. The summed E-state index contributed by atoms with van der Waals surface area (Å²) in [5.41, 5.74) is 0.937.